The molecule has 2 fully saturated rings. The van der Waals surface area contributed by atoms with E-state index < -0.39 is 0 Å². The summed E-state index contributed by atoms with van der Waals surface area (Å²) >= 11 is 0. The Morgan fingerprint density at radius 1 is 1.18 bits per heavy atom. The van der Waals surface area contributed by atoms with Crippen molar-refractivity contribution in [3.05, 3.63) is 12.2 Å². The first-order chi connectivity index (χ1) is 8.24. The fourth-order valence-corrected chi connectivity index (χ4v) is 3.71. The van der Waals surface area contributed by atoms with Crippen LogP contribution in [-0.2, 0) is 4.79 Å². The maximum Gasteiger partial charge on any atom is 0.223 e. The molecule has 5 unspecified atom stereocenters. The van der Waals surface area contributed by atoms with Gasteiger partial charge in [0.05, 0.1) is 0 Å². The summed E-state index contributed by atoms with van der Waals surface area (Å²) in [4.78, 5) is 12.2. The van der Waals surface area contributed by atoms with Crippen LogP contribution in [0.3, 0.4) is 0 Å². The van der Waals surface area contributed by atoms with Crippen molar-refractivity contribution in [3.63, 3.8) is 0 Å². The lowest BCUT2D eigenvalue weighted by Crippen LogP contribution is -2.51. The molecular formula is C14H22N2O. The molecule has 3 aliphatic carbocycles. The molecule has 1 amide bonds. The molecule has 2 bridgehead atoms. The topological polar surface area (TPSA) is 55.1 Å². The maximum absolute atomic E-state index is 12.2. The fraction of sp³-hybridized carbons (Fsp3) is 0.786. The number of allylic oxidation sites excluding steroid dienone is 2. The maximum atomic E-state index is 12.2. The van der Waals surface area contributed by atoms with Crippen LogP contribution < -0.4 is 11.1 Å². The van der Waals surface area contributed by atoms with Crippen LogP contribution in [0.2, 0.25) is 0 Å². The van der Waals surface area contributed by atoms with E-state index >= 15 is 0 Å². The van der Waals surface area contributed by atoms with Gasteiger partial charge in [0, 0.05) is 18.0 Å². The second-order valence-electron chi connectivity index (χ2n) is 5.95. The van der Waals surface area contributed by atoms with Crippen LogP contribution in [0.1, 0.15) is 38.5 Å². The predicted octanol–water partition coefficient (Wildman–Crippen LogP) is 1.58. The van der Waals surface area contributed by atoms with Crippen molar-refractivity contribution in [2.24, 2.45) is 23.5 Å². The van der Waals surface area contributed by atoms with Crippen LogP contribution in [0.5, 0.6) is 0 Å². The molecule has 5 atom stereocenters. The summed E-state index contributed by atoms with van der Waals surface area (Å²) in [6, 6.07) is 0.390. The molecule has 17 heavy (non-hydrogen) atoms. The van der Waals surface area contributed by atoms with E-state index in [1.54, 1.807) is 0 Å². The zero-order chi connectivity index (χ0) is 11.8. The average molecular weight is 234 g/mol. The van der Waals surface area contributed by atoms with Gasteiger partial charge in [-0.2, -0.15) is 0 Å². The van der Waals surface area contributed by atoms with Gasteiger partial charge in [-0.05, 0) is 37.5 Å². The number of fused-ring (bicyclic) bond motifs is 2. The summed E-state index contributed by atoms with van der Waals surface area (Å²) < 4.78 is 0. The SMILES string of the molecule is NC1CCCCC1NC(=O)C1CC2C=CC1C2. The van der Waals surface area contributed by atoms with Gasteiger partial charge in [-0.15, -0.1) is 0 Å². The summed E-state index contributed by atoms with van der Waals surface area (Å²) in [5, 5.41) is 3.20. The third-order valence-corrected chi connectivity index (χ3v) is 4.76. The minimum Gasteiger partial charge on any atom is -0.352 e. The predicted molar refractivity (Wildman–Crippen MR) is 67.2 cm³/mol. The molecule has 0 aromatic carbocycles. The van der Waals surface area contributed by atoms with Crippen molar-refractivity contribution in [3.8, 4) is 0 Å². The van der Waals surface area contributed by atoms with Gasteiger partial charge in [0.1, 0.15) is 0 Å². The molecule has 0 radical (unpaired) electrons. The number of carbonyl (C=O) groups is 1. The largest absolute Gasteiger partial charge is 0.352 e. The molecular weight excluding hydrogens is 212 g/mol. The van der Waals surface area contributed by atoms with Gasteiger partial charge in [0.2, 0.25) is 5.91 Å². The quantitative estimate of drug-likeness (QED) is 0.713. The molecule has 3 heteroatoms. The molecule has 3 aliphatic rings. The van der Waals surface area contributed by atoms with Crippen molar-refractivity contribution in [1.29, 1.82) is 0 Å². The van der Waals surface area contributed by atoms with E-state index in [0.29, 0.717) is 11.8 Å². The van der Waals surface area contributed by atoms with Crippen LogP contribution in [-0.4, -0.2) is 18.0 Å². The van der Waals surface area contributed by atoms with Crippen LogP contribution in [0, 0.1) is 17.8 Å². The number of nitrogens with two attached hydrogens (primary N) is 1. The van der Waals surface area contributed by atoms with E-state index in [-0.39, 0.29) is 23.9 Å². The molecule has 3 N–H and O–H groups in total. The second-order valence-corrected chi connectivity index (χ2v) is 5.95. The average Bonchev–Trinajstić information content (AvgIpc) is 2.94. The van der Waals surface area contributed by atoms with Crippen LogP contribution in [0.4, 0.5) is 0 Å². The molecule has 3 rings (SSSR count). The van der Waals surface area contributed by atoms with Crippen molar-refractivity contribution in [2.45, 2.75) is 50.6 Å². The summed E-state index contributed by atoms with van der Waals surface area (Å²) in [7, 11) is 0. The van der Waals surface area contributed by atoms with Crippen molar-refractivity contribution in [1.82, 2.24) is 5.32 Å². The summed E-state index contributed by atoms with van der Waals surface area (Å²) in [6.07, 6.45) is 11.3. The minimum absolute atomic E-state index is 0.168. The Kier molecular flexibility index (Phi) is 2.95. The Bertz CT molecular complexity index is 339. The first kappa shape index (κ1) is 11.3. The molecule has 0 heterocycles. The Hall–Kier alpha value is -0.830. The third-order valence-electron chi connectivity index (χ3n) is 4.76. The lowest BCUT2D eigenvalue weighted by atomic mass is 9.88. The van der Waals surface area contributed by atoms with Gasteiger partial charge in [-0.1, -0.05) is 25.0 Å². The van der Waals surface area contributed by atoms with E-state index in [1.165, 1.54) is 19.3 Å². The molecule has 0 aromatic heterocycles. The normalized spacial score (nSPS) is 43.9. The summed E-state index contributed by atoms with van der Waals surface area (Å²) in [5.41, 5.74) is 6.07. The van der Waals surface area contributed by atoms with Crippen LogP contribution in [0.15, 0.2) is 12.2 Å². The standard InChI is InChI=1S/C14H22N2O/c15-12-3-1-2-4-13(12)16-14(17)11-8-9-5-6-10(11)7-9/h5-6,9-13H,1-4,7-8,15H2,(H,16,17). The van der Waals surface area contributed by atoms with E-state index in [0.717, 1.165) is 19.3 Å². The van der Waals surface area contributed by atoms with Crippen molar-refractivity contribution in [2.75, 3.05) is 0 Å². The van der Waals surface area contributed by atoms with E-state index in [4.69, 9.17) is 5.73 Å². The molecule has 94 valence electrons. The van der Waals surface area contributed by atoms with E-state index in [9.17, 15) is 4.79 Å². The number of hydrogen-bond acceptors (Lipinski definition) is 2. The molecule has 0 saturated heterocycles. The van der Waals surface area contributed by atoms with Gasteiger partial charge < -0.3 is 11.1 Å². The third kappa shape index (κ3) is 2.13. The molecule has 0 aromatic rings. The number of hydrogen-bond donors (Lipinski definition) is 2. The van der Waals surface area contributed by atoms with Gasteiger partial charge in [0.15, 0.2) is 0 Å². The Balaban J connectivity index is 1.58. The number of nitrogens with one attached hydrogen (secondary N) is 1. The number of rotatable bonds is 2. The van der Waals surface area contributed by atoms with Crippen molar-refractivity contribution >= 4 is 5.91 Å². The van der Waals surface area contributed by atoms with E-state index in [1.807, 2.05) is 0 Å². The highest BCUT2D eigenvalue weighted by atomic mass is 16.2. The minimum atomic E-state index is 0.168. The van der Waals surface area contributed by atoms with Gasteiger partial charge >= 0.3 is 0 Å². The Labute approximate surface area is 103 Å². The van der Waals surface area contributed by atoms with Gasteiger partial charge in [-0.25, -0.2) is 0 Å². The highest BCUT2D eigenvalue weighted by molar-refractivity contribution is 5.80. The monoisotopic (exact) mass is 234 g/mol. The summed E-state index contributed by atoms with van der Waals surface area (Å²) in [5.74, 6) is 1.64. The lowest BCUT2D eigenvalue weighted by molar-refractivity contribution is -0.126. The second kappa shape index (κ2) is 4.45. The zero-order valence-corrected chi connectivity index (χ0v) is 10.3. The lowest BCUT2D eigenvalue weighted by Gasteiger charge is -2.31. The van der Waals surface area contributed by atoms with Gasteiger partial charge in [0.25, 0.3) is 0 Å². The van der Waals surface area contributed by atoms with Crippen LogP contribution >= 0.6 is 0 Å². The summed E-state index contributed by atoms with van der Waals surface area (Å²) in [6.45, 7) is 0. The number of amides is 1. The van der Waals surface area contributed by atoms with E-state index in [2.05, 4.69) is 17.5 Å². The first-order valence-corrected chi connectivity index (χ1v) is 6.98. The van der Waals surface area contributed by atoms with Gasteiger partial charge in [-0.3, -0.25) is 4.79 Å². The Morgan fingerprint density at radius 3 is 2.65 bits per heavy atom. The van der Waals surface area contributed by atoms with Crippen LogP contribution in [0.25, 0.3) is 0 Å². The molecule has 3 nitrogen and oxygen atoms in total. The Morgan fingerprint density at radius 2 is 2.00 bits per heavy atom. The highest BCUT2D eigenvalue weighted by Crippen LogP contribution is 2.43. The number of carbonyl (C=O) groups excluding carboxylic acids is 1. The highest BCUT2D eigenvalue weighted by Gasteiger charge is 2.40. The first-order valence-electron chi connectivity index (χ1n) is 6.98. The molecule has 2 saturated carbocycles. The smallest absolute Gasteiger partial charge is 0.223 e. The zero-order valence-electron chi connectivity index (χ0n) is 10.3. The molecule has 0 spiro atoms. The molecule has 0 aliphatic heterocycles. The van der Waals surface area contributed by atoms with Crippen molar-refractivity contribution < 1.29 is 4.79 Å². The fourth-order valence-electron chi connectivity index (χ4n) is 3.71.